The van der Waals surface area contributed by atoms with Crippen LogP contribution < -0.4 is 5.32 Å². The van der Waals surface area contributed by atoms with Crippen molar-refractivity contribution in [3.8, 4) is 11.1 Å². The highest BCUT2D eigenvalue weighted by molar-refractivity contribution is 6.31. The Hall–Kier alpha value is -1.94. The number of halogens is 1. The highest BCUT2D eigenvalue weighted by atomic mass is 35.5. The average Bonchev–Trinajstić information content (AvgIpc) is 2.67. The maximum absolute atomic E-state index is 10.6. The van der Waals surface area contributed by atoms with E-state index in [0.717, 1.165) is 53.5 Å². The van der Waals surface area contributed by atoms with Gasteiger partial charge in [0.25, 0.3) is 0 Å². The number of aliphatic hydroxyl groups is 1. The van der Waals surface area contributed by atoms with Gasteiger partial charge in [0.05, 0.1) is 11.6 Å². The minimum Gasteiger partial charge on any atom is -0.388 e. The molecule has 3 nitrogen and oxygen atoms in total. The summed E-state index contributed by atoms with van der Waals surface area (Å²) >= 11 is 6.07. The molecule has 0 aliphatic carbocycles. The second kappa shape index (κ2) is 7.12. The summed E-state index contributed by atoms with van der Waals surface area (Å²) in [6.45, 7) is 1.94. The monoisotopic (exact) mass is 352 g/mol. The van der Waals surface area contributed by atoms with Gasteiger partial charge in [0.15, 0.2) is 0 Å². The van der Waals surface area contributed by atoms with E-state index in [1.165, 1.54) is 0 Å². The van der Waals surface area contributed by atoms with Crippen LogP contribution in [0, 0.1) is 5.92 Å². The highest BCUT2D eigenvalue weighted by Crippen LogP contribution is 2.32. The van der Waals surface area contributed by atoms with Crippen LogP contribution in [0.15, 0.2) is 54.7 Å². The van der Waals surface area contributed by atoms with E-state index >= 15 is 0 Å². The minimum absolute atomic E-state index is 0.295. The molecule has 2 unspecified atom stereocenters. The first kappa shape index (κ1) is 16.5. The standard InChI is InChI=1S/C21H21ClN2O/c22-17-7-8-19-18(9-11-24-20(19)12-17)14-3-5-15(6-4-14)21(25)16-2-1-10-23-13-16/h3-9,11-12,16,21,23,25H,1-2,10,13H2. The molecule has 1 aliphatic rings. The quantitative estimate of drug-likeness (QED) is 0.724. The number of aromatic nitrogens is 1. The van der Waals surface area contributed by atoms with E-state index in [1.54, 1.807) is 0 Å². The van der Waals surface area contributed by atoms with Gasteiger partial charge in [0, 0.05) is 29.1 Å². The van der Waals surface area contributed by atoms with E-state index in [9.17, 15) is 5.11 Å². The maximum atomic E-state index is 10.6. The Morgan fingerprint density at radius 3 is 2.72 bits per heavy atom. The fourth-order valence-electron chi connectivity index (χ4n) is 3.65. The number of rotatable bonds is 3. The van der Waals surface area contributed by atoms with Crippen molar-refractivity contribution >= 4 is 22.5 Å². The topological polar surface area (TPSA) is 45.2 Å². The van der Waals surface area contributed by atoms with Crippen LogP contribution in [0.1, 0.15) is 24.5 Å². The zero-order chi connectivity index (χ0) is 17.2. The molecule has 2 N–H and O–H groups in total. The van der Waals surface area contributed by atoms with Gasteiger partial charge in [-0.25, -0.2) is 0 Å². The number of benzene rings is 2. The lowest BCUT2D eigenvalue weighted by Crippen LogP contribution is -2.33. The lowest BCUT2D eigenvalue weighted by atomic mass is 9.88. The molecular weight excluding hydrogens is 332 g/mol. The molecule has 25 heavy (non-hydrogen) atoms. The van der Waals surface area contributed by atoms with Gasteiger partial charge in [0.2, 0.25) is 0 Å². The number of hydrogen-bond acceptors (Lipinski definition) is 3. The molecule has 1 aliphatic heterocycles. The third kappa shape index (κ3) is 3.40. The number of nitrogens with one attached hydrogen (secondary N) is 1. The average molecular weight is 353 g/mol. The first-order chi connectivity index (χ1) is 12.2. The summed E-state index contributed by atoms with van der Waals surface area (Å²) < 4.78 is 0. The summed E-state index contributed by atoms with van der Waals surface area (Å²) in [6.07, 6.45) is 3.61. The molecule has 3 aromatic rings. The van der Waals surface area contributed by atoms with Gasteiger partial charge in [-0.3, -0.25) is 4.98 Å². The van der Waals surface area contributed by atoms with Crippen LogP contribution in [0.4, 0.5) is 0 Å². The van der Waals surface area contributed by atoms with E-state index in [1.807, 2.05) is 42.6 Å². The van der Waals surface area contributed by atoms with Crippen LogP contribution in [0.25, 0.3) is 22.0 Å². The molecule has 2 heterocycles. The molecule has 0 saturated carbocycles. The fourth-order valence-corrected chi connectivity index (χ4v) is 3.82. The third-order valence-corrected chi connectivity index (χ3v) is 5.28. The summed E-state index contributed by atoms with van der Waals surface area (Å²) in [6, 6.07) is 16.0. The van der Waals surface area contributed by atoms with E-state index in [2.05, 4.69) is 22.4 Å². The summed E-state index contributed by atoms with van der Waals surface area (Å²) in [4.78, 5) is 4.40. The summed E-state index contributed by atoms with van der Waals surface area (Å²) in [5.41, 5.74) is 4.12. The lowest BCUT2D eigenvalue weighted by molar-refractivity contribution is 0.0922. The molecule has 2 atom stereocenters. The molecule has 128 valence electrons. The maximum Gasteiger partial charge on any atom is 0.0830 e. The van der Waals surface area contributed by atoms with Crippen LogP contribution in [0.5, 0.6) is 0 Å². The normalized spacial score (nSPS) is 19.0. The smallest absolute Gasteiger partial charge is 0.0830 e. The number of pyridine rings is 1. The molecular formula is C21H21ClN2O. The van der Waals surface area contributed by atoms with Gasteiger partial charge >= 0.3 is 0 Å². The molecule has 0 radical (unpaired) electrons. The lowest BCUT2D eigenvalue weighted by Gasteiger charge is -2.27. The Kier molecular flexibility index (Phi) is 4.71. The van der Waals surface area contributed by atoms with Gasteiger partial charge in [-0.05, 0) is 54.3 Å². The van der Waals surface area contributed by atoms with Gasteiger partial charge < -0.3 is 10.4 Å². The first-order valence-corrected chi connectivity index (χ1v) is 9.13. The summed E-state index contributed by atoms with van der Waals surface area (Å²) in [5.74, 6) is 0.295. The molecule has 4 heteroatoms. The largest absolute Gasteiger partial charge is 0.388 e. The van der Waals surface area contributed by atoms with Crippen LogP contribution >= 0.6 is 11.6 Å². The Labute approximate surface area is 152 Å². The van der Waals surface area contributed by atoms with Crippen molar-refractivity contribution in [1.82, 2.24) is 10.3 Å². The molecule has 1 fully saturated rings. The number of piperidine rings is 1. The zero-order valence-corrected chi connectivity index (χ0v) is 14.7. The van der Waals surface area contributed by atoms with Crippen LogP contribution in [0.2, 0.25) is 5.02 Å². The van der Waals surface area contributed by atoms with Crippen molar-refractivity contribution in [3.63, 3.8) is 0 Å². The van der Waals surface area contributed by atoms with E-state index < -0.39 is 6.10 Å². The van der Waals surface area contributed by atoms with Crippen molar-refractivity contribution in [3.05, 3.63) is 65.3 Å². The summed E-state index contributed by atoms with van der Waals surface area (Å²) in [5, 5.41) is 15.8. The second-order valence-electron chi connectivity index (χ2n) is 6.69. The Balaban J connectivity index is 1.64. The van der Waals surface area contributed by atoms with Crippen LogP contribution in [0.3, 0.4) is 0 Å². The molecule has 0 spiro atoms. The van der Waals surface area contributed by atoms with Gasteiger partial charge in [0.1, 0.15) is 0 Å². The van der Waals surface area contributed by atoms with Crippen molar-refractivity contribution < 1.29 is 5.11 Å². The van der Waals surface area contributed by atoms with Gasteiger partial charge in [-0.1, -0.05) is 41.9 Å². The second-order valence-corrected chi connectivity index (χ2v) is 7.13. The predicted molar refractivity (Wildman–Crippen MR) is 103 cm³/mol. The predicted octanol–water partition coefficient (Wildman–Crippen LogP) is 4.59. The highest BCUT2D eigenvalue weighted by Gasteiger charge is 2.22. The minimum atomic E-state index is -0.408. The molecule has 1 aromatic heterocycles. The zero-order valence-electron chi connectivity index (χ0n) is 14.0. The Bertz CT molecular complexity index is 873. The van der Waals surface area contributed by atoms with E-state index in [-0.39, 0.29) is 0 Å². The van der Waals surface area contributed by atoms with Crippen molar-refractivity contribution in [2.45, 2.75) is 18.9 Å². The number of fused-ring (bicyclic) bond motifs is 1. The van der Waals surface area contributed by atoms with Crippen molar-refractivity contribution in [2.75, 3.05) is 13.1 Å². The fraction of sp³-hybridized carbons (Fsp3) is 0.286. The van der Waals surface area contributed by atoms with Crippen molar-refractivity contribution in [1.29, 1.82) is 0 Å². The molecule has 2 aromatic carbocycles. The first-order valence-electron chi connectivity index (χ1n) is 8.76. The number of hydrogen-bond donors (Lipinski definition) is 2. The molecule has 0 bridgehead atoms. The third-order valence-electron chi connectivity index (χ3n) is 5.05. The van der Waals surface area contributed by atoms with E-state index in [0.29, 0.717) is 10.9 Å². The van der Waals surface area contributed by atoms with Crippen LogP contribution in [-0.2, 0) is 0 Å². The number of nitrogens with zero attached hydrogens (tertiary/aromatic N) is 1. The Morgan fingerprint density at radius 1 is 1.12 bits per heavy atom. The Morgan fingerprint density at radius 2 is 1.96 bits per heavy atom. The molecule has 0 amide bonds. The van der Waals surface area contributed by atoms with Crippen molar-refractivity contribution in [2.24, 2.45) is 5.92 Å². The van der Waals surface area contributed by atoms with Gasteiger partial charge in [-0.2, -0.15) is 0 Å². The van der Waals surface area contributed by atoms with E-state index in [4.69, 9.17) is 11.6 Å². The summed E-state index contributed by atoms with van der Waals surface area (Å²) in [7, 11) is 0. The number of aliphatic hydroxyl groups excluding tert-OH is 1. The molecule has 4 rings (SSSR count). The van der Waals surface area contributed by atoms with Gasteiger partial charge in [-0.15, -0.1) is 0 Å². The van der Waals surface area contributed by atoms with Crippen LogP contribution in [-0.4, -0.2) is 23.2 Å². The SMILES string of the molecule is OC(c1ccc(-c2ccnc3cc(Cl)ccc23)cc1)C1CCCNC1. The molecule has 1 saturated heterocycles.